The minimum atomic E-state index is -0.897. The molecule has 2 amide bonds. The van der Waals surface area contributed by atoms with E-state index in [1.54, 1.807) is 23.9 Å². The Bertz CT molecular complexity index is 984. The van der Waals surface area contributed by atoms with Gasteiger partial charge in [-0.2, -0.15) is 0 Å². The Morgan fingerprint density at radius 3 is 2.74 bits per heavy atom. The summed E-state index contributed by atoms with van der Waals surface area (Å²) in [6, 6.07) is 14.8. The molecule has 0 radical (unpaired) electrons. The highest BCUT2D eigenvalue weighted by Gasteiger charge is 2.16. The molecule has 3 N–H and O–H groups in total. The highest BCUT2D eigenvalue weighted by molar-refractivity contribution is 7.98. The molecule has 7 heteroatoms. The minimum absolute atomic E-state index is 0.0462. The fourth-order valence-electron chi connectivity index (χ4n) is 2.78. The zero-order valence-corrected chi connectivity index (χ0v) is 15.9. The van der Waals surface area contributed by atoms with Crippen molar-refractivity contribution >= 4 is 40.2 Å². The van der Waals surface area contributed by atoms with Gasteiger partial charge in [0.2, 0.25) is 0 Å². The Morgan fingerprint density at radius 2 is 1.96 bits per heavy atom. The third-order valence-electron chi connectivity index (χ3n) is 4.28. The maximum Gasteiger partial charge on any atom is 0.313 e. The molecular formula is C20H21N3O3S. The molecule has 0 spiro atoms. The van der Waals surface area contributed by atoms with Gasteiger partial charge in [-0.1, -0.05) is 12.1 Å². The summed E-state index contributed by atoms with van der Waals surface area (Å²) in [4.78, 5) is 25.0. The number of fused-ring (bicyclic) bond motifs is 1. The summed E-state index contributed by atoms with van der Waals surface area (Å²) in [6.07, 6.45) is 2.98. The van der Waals surface area contributed by atoms with Gasteiger partial charge in [0.05, 0.1) is 6.10 Å². The maximum atomic E-state index is 12.0. The molecule has 0 fully saturated rings. The van der Waals surface area contributed by atoms with Gasteiger partial charge in [0.25, 0.3) is 0 Å². The van der Waals surface area contributed by atoms with Gasteiger partial charge < -0.3 is 20.3 Å². The van der Waals surface area contributed by atoms with Crippen molar-refractivity contribution in [3.63, 3.8) is 0 Å². The van der Waals surface area contributed by atoms with Gasteiger partial charge in [0, 0.05) is 35.9 Å². The quantitative estimate of drug-likeness (QED) is 0.467. The lowest BCUT2D eigenvalue weighted by Crippen LogP contribution is -2.37. The normalized spacial score (nSPS) is 12.0. The number of anilines is 1. The molecule has 0 aliphatic heterocycles. The minimum Gasteiger partial charge on any atom is -0.387 e. The van der Waals surface area contributed by atoms with E-state index < -0.39 is 17.9 Å². The lowest BCUT2D eigenvalue weighted by Gasteiger charge is -2.13. The van der Waals surface area contributed by atoms with E-state index in [2.05, 4.69) is 10.6 Å². The van der Waals surface area contributed by atoms with Gasteiger partial charge in [-0.15, -0.1) is 11.8 Å². The Morgan fingerprint density at radius 1 is 1.15 bits per heavy atom. The molecular weight excluding hydrogens is 362 g/mol. The third-order valence-corrected chi connectivity index (χ3v) is 5.01. The molecule has 3 rings (SSSR count). The number of rotatable bonds is 5. The van der Waals surface area contributed by atoms with E-state index in [0.29, 0.717) is 11.3 Å². The number of aromatic nitrogens is 1. The van der Waals surface area contributed by atoms with Crippen LogP contribution in [0.3, 0.4) is 0 Å². The van der Waals surface area contributed by atoms with Crippen LogP contribution in [0, 0.1) is 0 Å². The first-order valence-electron chi connectivity index (χ1n) is 8.44. The monoisotopic (exact) mass is 383 g/mol. The number of hydrogen-bond donors (Lipinski definition) is 3. The summed E-state index contributed by atoms with van der Waals surface area (Å²) in [5, 5.41) is 16.4. The smallest absolute Gasteiger partial charge is 0.313 e. The van der Waals surface area contributed by atoms with Gasteiger partial charge in [-0.25, -0.2) is 0 Å². The first-order valence-corrected chi connectivity index (χ1v) is 9.66. The molecule has 27 heavy (non-hydrogen) atoms. The van der Waals surface area contributed by atoms with E-state index in [4.69, 9.17) is 0 Å². The number of nitrogens with zero attached hydrogens (tertiary/aromatic N) is 1. The van der Waals surface area contributed by atoms with Crippen LogP contribution in [-0.2, 0) is 16.6 Å². The predicted octanol–water partition coefficient (Wildman–Crippen LogP) is 2.69. The summed E-state index contributed by atoms with van der Waals surface area (Å²) < 4.78 is 1.99. The number of aryl methyl sites for hydroxylation is 1. The average molecular weight is 383 g/mol. The van der Waals surface area contributed by atoms with Crippen molar-refractivity contribution in [1.29, 1.82) is 0 Å². The Balaban J connectivity index is 1.57. The standard InChI is InChI=1S/C20H21N3O3S/c1-23-9-8-13-10-14(6-7-17(13)23)18(24)12-21-19(25)20(26)22-15-4-3-5-16(11-15)27-2/h3-11,18,24H,12H2,1-2H3,(H,21,25)(H,22,26)/t18-/m0/s1. The van der Waals surface area contributed by atoms with Crippen molar-refractivity contribution in [2.45, 2.75) is 11.0 Å². The molecule has 0 aliphatic carbocycles. The summed E-state index contributed by atoms with van der Waals surface area (Å²) in [5.74, 6) is -1.55. The fraction of sp³-hybridized carbons (Fsp3) is 0.200. The third kappa shape index (κ3) is 4.50. The number of aliphatic hydroxyl groups is 1. The van der Waals surface area contributed by atoms with Crippen LogP contribution >= 0.6 is 11.8 Å². The molecule has 0 unspecified atom stereocenters. The van der Waals surface area contributed by atoms with Crippen molar-refractivity contribution < 1.29 is 14.7 Å². The van der Waals surface area contributed by atoms with Crippen molar-refractivity contribution in [3.05, 3.63) is 60.3 Å². The van der Waals surface area contributed by atoms with E-state index in [9.17, 15) is 14.7 Å². The van der Waals surface area contributed by atoms with Crippen LogP contribution in [0.1, 0.15) is 11.7 Å². The number of benzene rings is 2. The molecule has 0 saturated carbocycles. The highest BCUT2D eigenvalue weighted by Crippen LogP contribution is 2.21. The van der Waals surface area contributed by atoms with Crippen LogP contribution in [-0.4, -0.2) is 34.3 Å². The fourth-order valence-corrected chi connectivity index (χ4v) is 3.24. The van der Waals surface area contributed by atoms with Gasteiger partial charge >= 0.3 is 11.8 Å². The number of thioether (sulfide) groups is 1. The van der Waals surface area contributed by atoms with Crippen molar-refractivity contribution in [1.82, 2.24) is 9.88 Å². The second-order valence-electron chi connectivity index (χ2n) is 6.16. The van der Waals surface area contributed by atoms with Crippen LogP contribution in [0.15, 0.2) is 59.6 Å². The largest absolute Gasteiger partial charge is 0.387 e. The predicted molar refractivity (Wildman–Crippen MR) is 108 cm³/mol. The van der Waals surface area contributed by atoms with Gasteiger partial charge in [0.1, 0.15) is 0 Å². The molecule has 140 valence electrons. The van der Waals surface area contributed by atoms with E-state index in [1.165, 1.54) is 0 Å². The van der Waals surface area contributed by atoms with Crippen LogP contribution in [0.4, 0.5) is 5.69 Å². The van der Waals surface area contributed by atoms with E-state index in [0.717, 1.165) is 15.8 Å². The second-order valence-corrected chi connectivity index (χ2v) is 7.04. The first-order chi connectivity index (χ1) is 13.0. The molecule has 0 saturated heterocycles. The SMILES string of the molecule is CSc1cccc(NC(=O)C(=O)NC[C@H](O)c2ccc3c(ccn3C)c2)c1. The number of hydrogen-bond acceptors (Lipinski definition) is 4. The number of carbonyl (C=O) groups excluding carboxylic acids is 2. The topological polar surface area (TPSA) is 83.4 Å². The Hall–Kier alpha value is -2.77. The molecule has 1 aromatic heterocycles. The number of nitrogens with one attached hydrogen (secondary N) is 2. The van der Waals surface area contributed by atoms with Gasteiger partial charge in [-0.3, -0.25) is 9.59 Å². The lowest BCUT2D eigenvalue weighted by molar-refractivity contribution is -0.136. The van der Waals surface area contributed by atoms with Crippen molar-refractivity contribution in [2.75, 3.05) is 18.1 Å². The maximum absolute atomic E-state index is 12.0. The van der Waals surface area contributed by atoms with E-state index in [-0.39, 0.29) is 6.54 Å². The molecule has 0 bridgehead atoms. The molecule has 6 nitrogen and oxygen atoms in total. The van der Waals surface area contributed by atoms with E-state index in [1.807, 2.05) is 60.5 Å². The summed E-state index contributed by atoms with van der Waals surface area (Å²) >= 11 is 1.55. The zero-order valence-electron chi connectivity index (χ0n) is 15.1. The van der Waals surface area contributed by atoms with Crippen LogP contribution < -0.4 is 10.6 Å². The summed E-state index contributed by atoms with van der Waals surface area (Å²) in [7, 11) is 1.95. The molecule has 3 aromatic rings. The number of carbonyl (C=O) groups is 2. The van der Waals surface area contributed by atoms with Crippen LogP contribution in [0.2, 0.25) is 0 Å². The van der Waals surface area contributed by atoms with Crippen molar-refractivity contribution in [2.24, 2.45) is 7.05 Å². The number of amides is 2. The summed E-state index contributed by atoms with van der Waals surface area (Å²) in [6.45, 7) is -0.0462. The van der Waals surface area contributed by atoms with Crippen LogP contribution in [0.5, 0.6) is 0 Å². The lowest BCUT2D eigenvalue weighted by atomic mass is 10.1. The molecule has 1 heterocycles. The van der Waals surface area contributed by atoms with Gasteiger partial charge in [-0.05, 0) is 53.6 Å². The van der Waals surface area contributed by atoms with Gasteiger partial charge in [0.15, 0.2) is 0 Å². The zero-order chi connectivity index (χ0) is 19.4. The Kier molecular flexibility index (Phi) is 5.83. The number of aliphatic hydroxyl groups excluding tert-OH is 1. The first kappa shape index (κ1) is 19.0. The average Bonchev–Trinajstić information content (AvgIpc) is 3.06. The Labute approximate surface area is 161 Å². The molecule has 2 aromatic carbocycles. The molecule has 1 atom stereocenters. The summed E-state index contributed by atoms with van der Waals surface area (Å²) in [5.41, 5.74) is 2.29. The van der Waals surface area contributed by atoms with Crippen molar-refractivity contribution in [3.8, 4) is 0 Å². The van der Waals surface area contributed by atoms with Crippen LogP contribution in [0.25, 0.3) is 10.9 Å². The highest BCUT2D eigenvalue weighted by atomic mass is 32.2. The van der Waals surface area contributed by atoms with E-state index >= 15 is 0 Å². The second kappa shape index (κ2) is 8.28. The molecule has 0 aliphatic rings.